The van der Waals surface area contributed by atoms with Crippen molar-refractivity contribution < 1.29 is 23.2 Å². The SMILES string of the molecule is CCn1ncc(-c2ccnc3cc(C(=O)Nc4cc(OCC(F)F)cc([N+](=O)[O-])c4)nn23)c1C. The molecule has 0 unspecified atom stereocenters. The van der Waals surface area contributed by atoms with Crippen LogP contribution < -0.4 is 10.1 Å². The fourth-order valence-electron chi connectivity index (χ4n) is 3.43. The largest absolute Gasteiger partial charge is 0.487 e. The number of nitrogens with one attached hydrogen (secondary N) is 1. The Labute approximate surface area is 191 Å². The van der Waals surface area contributed by atoms with Gasteiger partial charge in [-0.25, -0.2) is 18.3 Å². The first-order chi connectivity index (χ1) is 16.3. The fourth-order valence-corrected chi connectivity index (χ4v) is 3.43. The molecule has 1 N–H and O–H groups in total. The Balaban J connectivity index is 1.65. The van der Waals surface area contributed by atoms with Crippen LogP contribution in [-0.4, -0.2) is 48.2 Å². The van der Waals surface area contributed by atoms with Gasteiger partial charge >= 0.3 is 0 Å². The van der Waals surface area contributed by atoms with Gasteiger partial charge in [-0.1, -0.05) is 0 Å². The number of nitro benzene ring substituents is 1. The molecule has 11 nitrogen and oxygen atoms in total. The van der Waals surface area contributed by atoms with E-state index in [0.29, 0.717) is 17.9 Å². The zero-order valence-electron chi connectivity index (χ0n) is 18.1. The van der Waals surface area contributed by atoms with Gasteiger partial charge in [0.05, 0.1) is 28.6 Å². The average molecular weight is 471 g/mol. The van der Waals surface area contributed by atoms with Crippen LogP contribution in [0.3, 0.4) is 0 Å². The minimum atomic E-state index is -2.76. The Hall–Kier alpha value is -4.42. The smallest absolute Gasteiger partial charge is 0.276 e. The van der Waals surface area contributed by atoms with E-state index in [-0.39, 0.29) is 17.1 Å². The number of nitro groups is 1. The summed E-state index contributed by atoms with van der Waals surface area (Å²) in [6, 6.07) is 6.52. The zero-order chi connectivity index (χ0) is 24.4. The van der Waals surface area contributed by atoms with E-state index < -0.39 is 29.6 Å². The minimum Gasteiger partial charge on any atom is -0.487 e. The van der Waals surface area contributed by atoms with Crippen LogP contribution in [0.4, 0.5) is 20.2 Å². The maximum Gasteiger partial charge on any atom is 0.276 e. The van der Waals surface area contributed by atoms with Crippen molar-refractivity contribution in [1.29, 1.82) is 0 Å². The van der Waals surface area contributed by atoms with Gasteiger partial charge in [0.1, 0.15) is 12.4 Å². The Bertz CT molecular complexity index is 1380. The van der Waals surface area contributed by atoms with E-state index in [2.05, 4.69) is 20.5 Å². The average Bonchev–Trinajstić information content (AvgIpc) is 3.40. The lowest BCUT2D eigenvalue weighted by Gasteiger charge is -2.08. The third kappa shape index (κ3) is 4.53. The Kier molecular flexibility index (Phi) is 6.17. The van der Waals surface area contributed by atoms with Crippen molar-refractivity contribution in [3.05, 3.63) is 64.2 Å². The van der Waals surface area contributed by atoms with Crippen molar-refractivity contribution in [3.63, 3.8) is 0 Å². The number of alkyl halides is 2. The van der Waals surface area contributed by atoms with Crippen LogP contribution in [0, 0.1) is 17.0 Å². The van der Waals surface area contributed by atoms with Gasteiger partial charge in [0, 0.05) is 42.2 Å². The third-order valence-electron chi connectivity index (χ3n) is 5.01. The first kappa shape index (κ1) is 22.8. The molecule has 3 aromatic heterocycles. The summed E-state index contributed by atoms with van der Waals surface area (Å²) in [6.45, 7) is 3.65. The van der Waals surface area contributed by atoms with Crippen molar-refractivity contribution in [2.45, 2.75) is 26.8 Å². The molecule has 4 rings (SSSR count). The third-order valence-corrected chi connectivity index (χ3v) is 5.01. The van der Waals surface area contributed by atoms with Crippen LogP contribution in [0.25, 0.3) is 16.9 Å². The molecule has 13 heteroatoms. The molecule has 3 heterocycles. The fraction of sp³-hybridized carbons (Fsp3) is 0.238. The monoisotopic (exact) mass is 471 g/mol. The van der Waals surface area contributed by atoms with Gasteiger partial charge in [0.2, 0.25) is 0 Å². The highest BCUT2D eigenvalue weighted by molar-refractivity contribution is 6.03. The lowest BCUT2D eigenvalue weighted by Crippen LogP contribution is -2.13. The summed E-state index contributed by atoms with van der Waals surface area (Å²) < 4.78 is 33.1. The summed E-state index contributed by atoms with van der Waals surface area (Å²) in [4.78, 5) is 27.6. The number of fused-ring (bicyclic) bond motifs is 1. The Morgan fingerprint density at radius 3 is 2.76 bits per heavy atom. The predicted octanol–water partition coefficient (Wildman–Crippen LogP) is 3.73. The van der Waals surface area contributed by atoms with Crippen LogP contribution >= 0.6 is 0 Å². The van der Waals surface area contributed by atoms with Crippen molar-refractivity contribution in [3.8, 4) is 17.0 Å². The maximum absolute atomic E-state index is 12.8. The van der Waals surface area contributed by atoms with Gasteiger partial charge < -0.3 is 10.1 Å². The summed E-state index contributed by atoms with van der Waals surface area (Å²) in [6.07, 6.45) is 0.535. The number of anilines is 1. The number of ether oxygens (including phenoxy) is 1. The van der Waals surface area contributed by atoms with Gasteiger partial charge in [0.15, 0.2) is 11.3 Å². The number of hydrogen-bond acceptors (Lipinski definition) is 7. The summed E-state index contributed by atoms with van der Waals surface area (Å²) in [7, 11) is 0. The molecule has 4 aromatic rings. The number of rotatable bonds is 8. The first-order valence-corrected chi connectivity index (χ1v) is 10.2. The summed E-state index contributed by atoms with van der Waals surface area (Å²) >= 11 is 0. The number of nitrogens with zero attached hydrogens (tertiary/aromatic N) is 6. The molecule has 0 aliphatic heterocycles. The number of benzene rings is 1. The second kappa shape index (κ2) is 9.21. The molecule has 0 saturated heterocycles. The van der Waals surface area contributed by atoms with Crippen molar-refractivity contribution in [1.82, 2.24) is 24.4 Å². The van der Waals surface area contributed by atoms with E-state index in [1.54, 1.807) is 18.5 Å². The highest BCUT2D eigenvalue weighted by Crippen LogP contribution is 2.27. The van der Waals surface area contributed by atoms with Crippen LogP contribution in [0.5, 0.6) is 5.75 Å². The molecular formula is C21H19F2N7O4. The topological polar surface area (TPSA) is 129 Å². The van der Waals surface area contributed by atoms with E-state index in [1.165, 1.54) is 16.6 Å². The summed E-state index contributed by atoms with van der Waals surface area (Å²) in [5.41, 5.74) is 2.40. The quantitative estimate of drug-likeness (QED) is 0.306. The lowest BCUT2D eigenvalue weighted by atomic mass is 10.2. The highest BCUT2D eigenvalue weighted by atomic mass is 19.3. The van der Waals surface area contributed by atoms with E-state index in [4.69, 9.17) is 4.74 Å². The van der Waals surface area contributed by atoms with Gasteiger partial charge in [-0.3, -0.25) is 19.6 Å². The molecule has 0 radical (unpaired) electrons. The van der Waals surface area contributed by atoms with E-state index >= 15 is 0 Å². The number of non-ortho nitro benzene ring substituents is 1. The van der Waals surface area contributed by atoms with Crippen LogP contribution in [0.15, 0.2) is 42.7 Å². The number of carbonyl (C=O) groups is 1. The second-order valence-electron chi connectivity index (χ2n) is 7.22. The minimum absolute atomic E-state index is 0.00189. The first-order valence-electron chi connectivity index (χ1n) is 10.2. The van der Waals surface area contributed by atoms with Gasteiger partial charge in [-0.2, -0.15) is 10.2 Å². The Morgan fingerprint density at radius 1 is 1.29 bits per heavy atom. The molecule has 0 aliphatic carbocycles. The molecule has 0 bridgehead atoms. The molecule has 1 amide bonds. The number of amides is 1. The molecule has 0 saturated carbocycles. The molecule has 34 heavy (non-hydrogen) atoms. The zero-order valence-corrected chi connectivity index (χ0v) is 18.1. The molecule has 0 spiro atoms. The van der Waals surface area contributed by atoms with Gasteiger partial charge in [-0.05, 0) is 19.9 Å². The van der Waals surface area contributed by atoms with Crippen molar-refractivity contribution >= 4 is 22.9 Å². The highest BCUT2D eigenvalue weighted by Gasteiger charge is 2.19. The number of halogens is 2. The molecular weight excluding hydrogens is 452 g/mol. The van der Waals surface area contributed by atoms with Crippen LogP contribution in [0.1, 0.15) is 23.1 Å². The normalized spacial score (nSPS) is 11.2. The lowest BCUT2D eigenvalue weighted by molar-refractivity contribution is -0.384. The van der Waals surface area contributed by atoms with Crippen LogP contribution in [0.2, 0.25) is 0 Å². The second-order valence-corrected chi connectivity index (χ2v) is 7.22. The molecule has 0 fully saturated rings. The van der Waals surface area contributed by atoms with Gasteiger partial charge in [0.25, 0.3) is 18.0 Å². The predicted molar refractivity (Wildman–Crippen MR) is 117 cm³/mol. The molecule has 0 atom stereocenters. The van der Waals surface area contributed by atoms with E-state index in [1.807, 2.05) is 18.5 Å². The Morgan fingerprint density at radius 2 is 2.09 bits per heavy atom. The number of aryl methyl sites for hydroxylation is 1. The molecule has 176 valence electrons. The molecule has 1 aromatic carbocycles. The molecule has 0 aliphatic rings. The van der Waals surface area contributed by atoms with Crippen molar-refractivity contribution in [2.24, 2.45) is 0 Å². The summed E-state index contributed by atoms with van der Waals surface area (Å²) in [5.74, 6) is -0.843. The van der Waals surface area contributed by atoms with E-state index in [0.717, 1.165) is 23.4 Å². The number of hydrogen-bond donors (Lipinski definition) is 1. The van der Waals surface area contributed by atoms with E-state index in [9.17, 15) is 23.7 Å². The maximum atomic E-state index is 12.8. The number of carbonyl (C=O) groups excluding carboxylic acids is 1. The van der Waals surface area contributed by atoms with Crippen LogP contribution in [-0.2, 0) is 6.54 Å². The van der Waals surface area contributed by atoms with Crippen molar-refractivity contribution in [2.75, 3.05) is 11.9 Å². The standard InChI is InChI=1S/C21H19F2N7O4/c1-3-28-12(2)16(10-25-28)18-4-5-24-20-9-17(27-29(18)20)21(31)26-13-6-14(30(32)33)8-15(7-13)34-11-19(22)23/h4-10,19H,3,11H2,1-2H3,(H,26,31). The van der Waals surface area contributed by atoms with Gasteiger partial charge in [-0.15, -0.1) is 0 Å². The summed E-state index contributed by atoms with van der Waals surface area (Å²) in [5, 5.41) is 22.4. The number of aromatic nitrogens is 5.